The van der Waals surface area contributed by atoms with Gasteiger partial charge in [0.05, 0.1) is 6.10 Å². The molecule has 28 heavy (non-hydrogen) atoms. The molecule has 0 aromatic heterocycles. The highest BCUT2D eigenvalue weighted by Gasteiger charge is 2.55. The van der Waals surface area contributed by atoms with Crippen molar-refractivity contribution in [2.45, 2.75) is 111 Å². The van der Waals surface area contributed by atoms with Gasteiger partial charge in [-0.05, 0) is 119 Å². The molecular formula is C27H44O. The molecule has 0 spiro atoms. The van der Waals surface area contributed by atoms with Gasteiger partial charge in [0.2, 0.25) is 0 Å². The van der Waals surface area contributed by atoms with Gasteiger partial charge < -0.3 is 5.11 Å². The van der Waals surface area contributed by atoms with Crippen molar-refractivity contribution in [2.75, 3.05) is 0 Å². The Morgan fingerprint density at radius 2 is 1.89 bits per heavy atom. The Morgan fingerprint density at radius 3 is 2.64 bits per heavy atom. The molecule has 0 aromatic carbocycles. The molecule has 0 aromatic rings. The first-order valence-electron chi connectivity index (χ1n) is 12.3. The Morgan fingerprint density at radius 1 is 1.11 bits per heavy atom. The Kier molecular flexibility index (Phi) is 5.62. The van der Waals surface area contributed by atoms with E-state index in [0.29, 0.717) is 10.8 Å². The van der Waals surface area contributed by atoms with E-state index >= 15 is 0 Å². The van der Waals surface area contributed by atoms with Crippen LogP contribution in [0.3, 0.4) is 0 Å². The van der Waals surface area contributed by atoms with Gasteiger partial charge in [-0.3, -0.25) is 0 Å². The van der Waals surface area contributed by atoms with E-state index in [4.69, 9.17) is 0 Å². The first-order chi connectivity index (χ1) is 13.3. The number of aliphatic hydroxyl groups excluding tert-OH is 1. The minimum Gasteiger partial charge on any atom is -0.393 e. The lowest BCUT2D eigenvalue weighted by molar-refractivity contribution is 0.0133. The van der Waals surface area contributed by atoms with Gasteiger partial charge in [-0.15, -0.1) is 0 Å². The van der Waals surface area contributed by atoms with Crippen LogP contribution in [0.1, 0.15) is 105 Å². The zero-order chi connectivity index (χ0) is 20.1. The summed E-state index contributed by atoms with van der Waals surface area (Å²) in [6.45, 7) is 12.2. The van der Waals surface area contributed by atoms with Gasteiger partial charge in [-0.1, -0.05) is 43.6 Å². The van der Waals surface area contributed by atoms with Crippen LogP contribution < -0.4 is 0 Å². The predicted octanol–water partition coefficient (Wildman–Crippen LogP) is 7.45. The van der Waals surface area contributed by atoms with Crippen molar-refractivity contribution < 1.29 is 5.11 Å². The monoisotopic (exact) mass is 384 g/mol. The zero-order valence-electron chi connectivity index (χ0n) is 19.2. The van der Waals surface area contributed by atoms with Crippen LogP contribution in [0.5, 0.6) is 0 Å². The summed E-state index contributed by atoms with van der Waals surface area (Å²) in [6.07, 6.45) is 16.7. The largest absolute Gasteiger partial charge is 0.393 e. The molecule has 0 saturated heterocycles. The van der Waals surface area contributed by atoms with Crippen LogP contribution in [0, 0.1) is 34.5 Å². The standard InChI is InChI=1S/C27H44O/c1-18(2)7-6-8-19(3)23-11-12-24-22-10-9-20-17-21(28)13-15-26(20,4)25(22)14-16-27(23,24)5/h7,19-21,23-24,28H,6,8-17H2,1-5H3/t19-,20+,21+,23-,24?,26+,27-/m1/s1. The molecule has 1 heteroatoms. The molecule has 0 aliphatic heterocycles. The number of hydrogen-bond acceptors (Lipinski definition) is 1. The van der Waals surface area contributed by atoms with Crippen molar-refractivity contribution in [2.24, 2.45) is 34.5 Å². The molecule has 158 valence electrons. The maximum atomic E-state index is 10.2. The minimum absolute atomic E-state index is 0.0356. The lowest BCUT2D eigenvalue weighted by Crippen LogP contribution is -2.45. The van der Waals surface area contributed by atoms with Gasteiger partial charge in [0.1, 0.15) is 0 Å². The molecule has 1 nitrogen and oxygen atoms in total. The molecule has 1 unspecified atom stereocenters. The highest BCUT2D eigenvalue weighted by molar-refractivity contribution is 5.34. The van der Waals surface area contributed by atoms with Crippen molar-refractivity contribution in [1.29, 1.82) is 0 Å². The second-order valence-electron chi connectivity index (χ2n) is 11.7. The van der Waals surface area contributed by atoms with E-state index in [2.05, 4.69) is 40.7 Å². The van der Waals surface area contributed by atoms with Crippen molar-refractivity contribution in [3.05, 3.63) is 22.8 Å². The maximum Gasteiger partial charge on any atom is 0.0543 e. The van der Waals surface area contributed by atoms with E-state index in [9.17, 15) is 5.11 Å². The summed E-state index contributed by atoms with van der Waals surface area (Å²) < 4.78 is 0. The predicted molar refractivity (Wildman–Crippen MR) is 119 cm³/mol. The number of fused-ring (bicyclic) bond motifs is 4. The molecule has 0 amide bonds. The van der Waals surface area contributed by atoms with Gasteiger partial charge in [-0.2, -0.15) is 0 Å². The first kappa shape index (κ1) is 20.7. The minimum atomic E-state index is -0.0356. The van der Waals surface area contributed by atoms with E-state index < -0.39 is 0 Å². The molecule has 7 atom stereocenters. The second-order valence-corrected chi connectivity index (χ2v) is 11.7. The maximum absolute atomic E-state index is 10.2. The quantitative estimate of drug-likeness (QED) is 0.499. The topological polar surface area (TPSA) is 20.2 Å². The van der Waals surface area contributed by atoms with Crippen LogP contribution in [0.25, 0.3) is 0 Å². The smallest absolute Gasteiger partial charge is 0.0543 e. The van der Waals surface area contributed by atoms with E-state index in [0.717, 1.165) is 36.5 Å². The van der Waals surface area contributed by atoms with Crippen LogP contribution in [0.4, 0.5) is 0 Å². The van der Waals surface area contributed by atoms with Crippen LogP contribution in [0.2, 0.25) is 0 Å². The van der Waals surface area contributed by atoms with Crippen molar-refractivity contribution >= 4 is 0 Å². The van der Waals surface area contributed by atoms with Gasteiger partial charge in [0.15, 0.2) is 0 Å². The highest BCUT2D eigenvalue weighted by atomic mass is 16.3. The van der Waals surface area contributed by atoms with E-state index in [1.54, 1.807) is 0 Å². The summed E-state index contributed by atoms with van der Waals surface area (Å²) in [5.74, 6) is 3.36. The number of aliphatic hydroxyl groups is 1. The Hall–Kier alpha value is -0.560. The van der Waals surface area contributed by atoms with Crippen LogP contribution in [0.15, 0.2) is 22.8 Å². The SMILES string of the molecule is CC(C)=CCC[C@@H](C)[C@H]1CCC2C3=C(CC[C@@]21C)[C@@]1(C)CC[C@H](O)C[C@@H]1CC3. The molecular weight excluding hydrogens is 340 g/mol. The van der Waals surface area contributed by atoms with Gasteiger partial charge in [0, 0.05) is 0 Å². The molecule has 2 saturated carbocycles. The molecule has 4 aliphatic rings. The third-order valence-corrected chi connectivity index (χ3v) is 9.90. The summed E-state index contributed by atoms with van der Waals surface area (Å²) in [7, 11) is 0. The highest BCUT2D eigenvalue weighted by Crippen LogP contribution is 2.65. The summed E-state index contributed by atoms with van der Waals surface area (Å²) in [5, 5.41) is 10.2. The summed E-state index contributed by atoms with van der Waals surface area (Å²) in [4.78, 5) is 0. The summed E-state index contributed by atoms with van der Waals surface area (Å²) >= 11 is 0. The van der Waals surface area contributed by atoms with Crippen LogP contribution >= 0.6 is 0 Å². The second kappa shape index (κ2) is 7.60. The Labute approximate surface area is 174 Å². The molecule has 4 aliphatic carbocycles. The van der Waals surface area contributed by atoms with E-state index in [-0.39, 0.29) is 6.10 Å². The van der Waals surface area contributed by atoms with Crippen LogP contribution in [-0.2, 0) is 0 Å². The number of hydrogen-bond donors (Lipinski definition) is 1. The molecule has 4 rings (SSSR count). The summed E-state index contributed by atoms with van der Waals surface area (Å²) in [6, 6.07) is 0. The zero-order valence-corrected chi connectivity index (χ0v) is 19.2. The lowest BCUT2D eigenvalue weighted by Gasteiger charge is -2.55. The van der Waals surface area contributed by atoms with Gasteiger partial charge in [0.25, 0.3) is 0 Å². The van der Waals surface area contributed by atoms with E-state index in [1.165, 1.54) is 63.4 Å². The fourth-order valence-electron chi connectivity index (χ4n) is 8.25. The molecule has 1 N–H and O–H groups in total. The Balaban J connectivity index is 1.55. The normalized spacial score (nSPS) is 43.8. The van der Waals surface area contributed by atoms with Crippen LogP contribution in [-0.4, -0.2) is 11.2 Å². The fourth-order valence-corrected chi connectivity index (χ4v) is 8.25. The molecule has 0 heterocycles. The fraction of sp³-hybridized carbons (Fsp3) is 0.852. The van der Waals surface area contributed by atoms with Crippen molar-refractivity contribution in [3.8, 4) is 0 Å². The number of rotatable bonds is 4. The number of allylic oxidation sites excluding steroid dienone is 4. The average Bonchev–Trinajstić information content (AvgIpc) is 2.99. The molecule has 0 radical (unpaired) electrons. The van der Waals surface area contributed by atoms with Gasteiger partial charge in [-0.25, -0.2) is 0 Å². The first-order valence-corrected chi connectivity index (χ1v) is 12.3. The molecule has 2 fully saturated rings. The van der Waals surface area contributed by atoms with Crippen molar-refractivity contribution in [3.63, 3.8) is 0 Å². The summed E-state index contributed by atoms with van der Waals surface area (Å²) in [5.41, 5.74) is 6.19. The lowest BCUT2D eigenvalue weighted by atomic mass is 9.50. The van der Waals surface area contributed by atoms with E-state index in [1.807, 2.05) is 11.1 Å². The van der Waals surface area contributed by atoms with Gasteiger partial charge >= 0.3 is 0 Å². The Bertz CT molecular complexity index is 653. The third-order valence-electron chi connectivity index (χ3n) is 9.90. The average molecular weight is 385 g/mol. The third kappa shape index (κ3) is 3.34. The molecule has 0 bridgehead atoms. The van der Waals surface area contributed by atoms with Crippen molar-refractivity contribution in [1.82, 2.24) is 0 Å².